The lowest BCUT2D eigenvalue weighted by Crippen LogP contribution is -2.48. The van der Waals surface area contributed by atoms with Crippen LogP contribution in [0.15, 0.2) is 79.0 Å². The molecule has 4 aromatic rings. The number of aryl methyl sites for hydroxylation is 1. The van der Waals surface area contributed by atoms with Crippen molar-refractivity contribution in [1.29, 1.82) is 0 Å². The van der Waals surface area contributed by atoms with Gasteiger partial charge in [-0.3, -0.25) is 9.69 Å². The molecule has 1 atom stereocenters. The Bertz CT molecular complexity index is 1390. The summed E-state index contributed by atoms with van der Waals surface area (Å²) >= 11 is 6.24. The largest absolute Gasteiger partial charge is 0.493 e. The Hall–Kier alpha value is -3.28. The summed E-state index contributed by atoms with van der Waals surface area (Å²) in [5.74, 6) is 0.949. The minimum Gasteiger partial charge on any atom is -0.493 e. The molecule has 1 unspecified atom stereocenters. The molecule has 5 rings (SSSR count). The average molecular weight is 530 g/mol. The Kier molecular flexibility index (Phi) is 8.06. The molecular weight excluding hydrogens is 494 g/mol. The lowest BCUT2D eigenvalue weighted by atomic mass is 9.77. The maximum atomic E-state index is 13.5. The standard InChI is InChI=1S/C32H36ClN3O2/c1-24-17-28(11-12-29(24)33)38-23-32(19-31(37)35(2)20-25-7-4-3-5-8-25)14-6-16-36(22-32)21-26-9-10-27-13-15-34-30(27)18-26/h3-5,7-13,15,17-18,34H,6,14,16,19-23H2,1-2H3. The fourth-order valence-electron chi connectivity index (χ4n) is 5.55. The number of rotatable bonds is 9. The van der Waals surface area contributed by atoms with Gasteiger partial charge in [0.05, 0.1) is 6.61 Å². The number of carbonyl (C=O) groups is 1. The van der Waals surface area contributed by atoms with Gasteiger partial charge in [-0.05, 0) is 78.7 Å². The van der Waals surface area contributed by atoms with E-state index in [9.17, 15) is 4.79 Å². The number of benzene rings is 3. The number of carbonyl (C=O) groups excluding carboxylic acids is 1. The maximum absolute atomic E-state index is 13.5. The second kappa shape index (κ2) is 11.6. The van der Waals surface area contributed by atoms with E-state index in [1.54, 1.807) is 0 Å². The molecule has 1 aliphatic heterocycles. The summed E-state index contributed by atoms with van der Waals surface area (Å²) in [6.45, 7) is 5.76. The monoisotopic (exact) mass is 529 g/mol. The zero-order valence-corrected chi connectivity index (χ0v) is 23.0. The number of piperidine rings is 1. The van der Waals surface area contributed by atoms with Crippen LogP contribution in [0.4, 0.5) is 0 Å². The zero-order valence-electron chi connectivity index (χ0n) is 22.3. The van der Waals surface area contributed by atoms with E-state index in [4.69, 9.17) is 16.3 Å². The number of nitrogens with zero attached hydrogens (tertiary/aromatic N) is 2. The fraction of sp³-hybridized carbons (Fsp3) is 0.344. The topological polar surface area (TPSA) is 48.6 Å². The quantitative estimate of drug-likeness (QED) is 0.258. The first kappa shape index (κ1) is 26.3. The van der Waals surface area contributed by atoms with Crippen LogP contribution in [-0.2, 0) is 17.9 Å². The highest BCUT2D eigenvalue weighted by molar-refractivity contribution is 6.31. The molecule has 38 heavy (non-hydrogen) atoms. The van der Waals surface area contributed by atoms with Crippen molar-refractivity contribution >= 4 is 28.4 Å². The molecule has 1 aliphatic rings. The van der Waals surface area contributed by atoms with Crippen molar-refractivity contribution in [2.75, 3.05) is 26.7 Å². The molecule has 1 amide bonds. The van der Waals surface area contributed by atoms with Gasteiger partial charge in [-0.25, -0.2) is 0 Å². The molecule has 2 heterocycles. The Balaban J connectivity index is 1.33. The predicted octanol–water partition coefficient (Wildman–Crippen LogP) is 6.84. The second-order valence-corrected chi connectivity index (χ2v) is 11.2. The molecule has 0 spiro atoms. The van der Waals surface area contributed by atoms with Gasteiger partial charge in [0, 0.05) is 55.3 Å². The Morgan fingerprint density at radius 2 is 1.92 bits per heavy atom. The highest BCUT2D eigenvalue weighted by Gasteiger charge is 2.39. The van der Waals surface area contributed by atoms with Crippen molar-refractivity contribution in [3.05, 3.63) is 101 Å². The van der Waals surface area contributed by atoms with Crippen LogP contribution in [0.25, 0.3) is 10.9 Å². The highest BCUT2D eigenvalue weighted by atomic mass is 35.5. The maximum Gasteiger partial charge on any atom is 0.223 e. The van der Waals surface area contributed by atoms with Gasteiger partial charge in [0.25, 0.3) is 0 Å². The normalized spacial score (nSPS) is 18.0. The zero-order chi connectivity index (χ0) is 26.5. The summed E-state index contributed by atoms with van der Waals surface area (Å²) in [4.78, 5) is 21.2. The molecule has 198 valence electrons. The van der Waals surface area contributed by atoms with Crippen LogP contribution < -0.4 is 4.74 Å². The molecule has 0 radical (unpaired) electrons. The number of aromatic amines is 1. The summed E-state index contributed by atoms with van der Waals surface area (Å²) in [5, 5.41) is 1.95. The lowest BCUT2D eigenvalue weighted by molar-refractivity contribution is -0.135. The van der Waals surface area contributed by atoms with Crippen LogP contribution in [0.2, 0.25) is 5.02 Å². The van der Waals surface area contributed by atoms with Crippen molar-refractivity contribution in [3.63, 3.8) is 0 Å². The molecule has 0 bridgehead atoms. The van der Waals surface area contributed by atoms with Gasteiger partial charge >= 0.3 is 0 Å². The Morgan fingerprint density at radius 1 is 1.08 bits per heavy atom. The summed E-state index contributed by atoms with van der Waals surface area (Å²) in [6, 6.07) is 24.6. The van der Waals surface area contributed by atoms with Crippen molar-refractivity contribution < 1.29 is 9.53 Å². The summed E-state index contributed by atoms with van der Waals surface area (Å²) < 4.78 is 6.37. The smallest absolute Gasteiger partial charge is 0.223 e. The number of likely N-dealkylation sites (tertiary alicyclic amines) is 1. The third-order valence-corrected chi connectivity index (χ3v) is 8.08. The van der Waals surface area contributed by atoms with Gasteiger partial charge in [-0.1, -0.05) is 54.1 Å². The van der Waals surface area contributed by atoms with E-state index in [1.165, 1.54) is 10.9 Å². The number of fused-ring (bicyclic) bond motifs is 1. The van der Waals surface area contributed by atoms with E-state index < -0.39 is 0 Å². The van der Waals surface area contributed by atoms with Crippen LogP contribution in [0.5, 0.6) is 5.75 Å². The van der Waals surface area contributed by atoms with E-state index in [0.717, 1.165) is 59.9 Å². The third-order valence-electron chi connectivity index (χ3n) is 7.66. The number of amides is 1. The molecule has 6 heteroatoms. The molecule has 0 aliphatic carbocycles. The number of aromatic nitrogens is 1. The predicted molar refractivity (Wildman–Crippen MR) is 154 cm³/mol. The van der Waals surface area contributed by atoms with Gasteiger partial charge in [-0.2, -0.15) is 0 Å². The number of hydrogen-bond donors (Lipinski definition) is 1. The second-order valence-electron chi connectivity index (χ2n) is 10.8. The Morgan fingerprint density at radius 3 is 2.74 bits per heavy atom. The first-order chi connectivity index (χ1) is 18.4. The van der Waals surface area contributed by atoms with Crippen LogP contribution in [0.1, 0.15) is 36.0 Å². The molecule has 5 nitrogen and oxygen atoms in total. The number of ether oxygens (including phenoxy) is 1. The summed E-state index contributed by atoms with van der Waals surface area (Å²) in [7, 11) is 1.90. The Labute approximate surface area is 230 Å². The van der Waals surface area contributed by atoms with Crippen LogP contribution in [0.3, 0.4) is 0 Å². The van der Waals surface area contributed by atoms with Crippen molar-refractivity contribution in [3.8, 4) is 5.75 Å². The number of hydrogen-bond acceptors (Lipinski definition) is 3. The van der Waals surface area contributed by atoms with Gasteiger partial charge in [0.2, 0.25) is 5.91 Å². The summed E-state index contributed by atoms with van der Waals surface area (Å²) in [6.07, 6.45) is 4.42. The number of H-pyrrole nitrogens is 1. The molecular formula is C32H36ClN3O2. The molecule has 1 saturated heterocycles. The van der Waals surface area contributed by atoms with Gasteiger partial charge in [0.1, 0.15) is 5.75 Å². The molecule has 1 aromatic heterocycles. The first-order valence-electron chi connectivity index (χ1n) is 13.3. The van der Waals surface area contributed by atoms with Gasteiger partial charge < -0.3 is 14.6 Å². The lowest BCUT2D eigenvalue weighted by Gasteiger charge is -2.43. The minimum atomic E-state index is -0.273. The molecule has 0 saturated carbocycles. The number of nitrogens with one attached hydrogen (secondary N) is 1. The van der Waals surface area contributed by atoms with E-state index in [1.807, 2.05) is 61.5 Å². The van der Waals surface area contributed by atoms with E-state index >= 15 is 0 Å². The van der Waals surface area contributed by atoms with Crippen molar-refractivity contribution in [1.82, 2.24) is 14.8 Å². The van der Waals surface area contributed by atoms with Crippen molar-refractivity contribution in [2.24, 2.45) is 5.41 Å². The van der Waals surface area contributed by atoms with Crippen LogP contribution in [0, 0.1) is 12.3 Å². The minimum absolute atomic E-state index is 0.152. The fourth-order valence-corrected chi connectivity index (χ4v) is 5.67. The van der Waals surface area contributed by atoms with E-state index in [-0.39, 0.29) is 11.3 Å². The first-order valence-corrected chi connectivity index (χ1v) is 13.7. The third kappa shape index (κ3) is 6.40. The summed E-state index contributed by atoms with van der Waals surface area (Å²) in [5.41, 5.74) is 4.28. The van der Waals surface area contributed by atoms with E-state index in [0.29, 0.717) is 19.6 Å². The average Bonchev–Trinajstić information content (AvgIpc) is 3.38. The van der Waals surface area contributed by atoms with Gasteiger partial charge in [-0.15, -0.1) is 0 Å². The highest BCUT2D eigenvalue weighted by Crippen LogP contribution is 2.36. The van der Waals surface area contributed by atoms with Gasteiger partial charge in [0.15, 0.2) is 0 Å². The van der Waals surface area contributed by atoms with Crippen molar-refractivity contribution in [2.45, 2.75) is 39.3 Å². The molecule has 1 N–H and O–H groups in total. The molecule has 3 aromatic carbocycles. The van der Waals surface area contributed by atoms with Crippen LogP contribution >= 0.6 is 11.6 Å². The SMILES string of the molecule is Cc1cc(OCC2(CC(=O)N(C)Cc3ccccc3)CCCN(Cc3ccc4cc[nH]c4c3)C2)ccc1Cl. The number of halogens is 1. The molecule has 1 fully saturated rings. The van der Waals surface area contributed by atoms with E-state index in [2.05, 4.69) is 46.3 Å². The van der Waals surface area contributed by atoms with Crippen LogP contribution in [-0.4, -0.2) is 47.4 Å².